The number of nitrogens with zero attached hydrogens (tertiary/aromatic N) is 2. The molecule has 6 nitrogen and oxygen atoms in total. The Bertz CT molecular complexity index is 796. The van der Waals surface area contributed by atoms with E-state index in [9.17, 15) is 9.59 Å². The molecule has 7 heteroatoms. The standard InChI is InChI=1S/C17H16N2O4S/c1-4-22-16(21)14-11(3)23-17(24-14)13-10(2)18-19(15(13)20)12-8-6-5-7-9-12/h5-9H,4H2,1-3H3/b17-13+. The number of amides is 1. The number of esters is 1. The first-order valence-corrected chi connectivity index (χ1v) is 8.27. The largest absolute Gasteiger partial charge is 0.462 e. The summed E-state index contributed by atoms with van der Waals surface area (Å²) in [6, 6.07) is 9.15. The predicted octanol–water partition coefficient (Wildman–Crippen LogP) is 3.18. The van der Waals surface area contributed by atoms with Crippen LogP contribution in [0.15, 0.2) is 56.8 Å². The minimum Gasteiger partial charge on any atom is -0.462 e. The molecule has 0 aliphatic carbocycles. The Balaban J connectivity index is 1.89. The molecule has 0 saturated heterocycles. The summed E-state index contributed by atoms with van der Waals surface area (Å²) in [6.45, 7) is 5.43. The molecular formula is C17H16N2O4S. The van der Waals surface area contributed by atoms with Gasteiger partial charge >= 0.3 is 5.97 Å². The molecule has 2 heterocycles. The molecule has 1 aromatic rings. The Hall–Kier alpha value is -2.54. The van der Waals surface area contributed by atoms with Gasteiger partial charge in [-0.1, -0.05) is 18.2 Å². The van der Waals surface area contributed by atoms with Gasteiger partial charge < -0.3 is 9.47 Å². The number of thioether (sulfide) groups is 1. The van der Waals surface area contributed by atoms with Crippen LogP contribution in [-0.2, 0) is 19.1 Å². The highest BCUT2D eigenvalue weighted by Gasteiger charge is 2.37. The monoisotopic (exact) mass is 344 g/mol. The van der Waals surface area contributed by atoms with Crippen molar-refractivity contribution in [1.29, 1.82) is 0 Å². The quantitative estimate of drug-likeness (QED) is 0.622. The van der Waals surface area contributed by atoms with Crippen molar-refractivity contribution in [3.05, 3.63) is 51.7 Å². The molecule has 24 heavy (non-hydrogen) atoms. The number of carbonyl (C=O) groups excluding carboxylic acids is 2. The fourth-order valence-corrected chi connectivity index (χ4v) is 3.36. The van der Waals surface area contributed by atoms with Crippen molar-refractivity contribution in [2.75, 3.05) is 11.6 Å². The SMILES string of the molecule is CCOC(=O)C1=C(C)O/C(=C2\C(=O)N(c3ccccc3)N=C2C)S1. The van der Waals surface area contributed by atoms with Gasteiger partial charge in [-0.2, -0.15) is 10.1 Å². The second-order valence-corrected chi connectivity index (χ2v) is 6.09. The molecule has 2 aliphatic heterocycles. The maximum Gasteiger partial charge on any atom is 0.348 e. The Morgan fingerprint density at radius 1 is 1.29 bits per heavy atom. The van der Waals surface area contributed by atoms with Crippen LogP contribution in [0.1, 0.15) is 20.8 Å². The zero-order valence-corrected chi connectivity index (χ0v) is 14.3. The van der Waals surface area contributed by atoms with E-state index in [1.165, 1.54) is 5.01 Å². The van der Waals surface area contributed by atoms with Crippen LogP contribution in [0.3, 0.4) is 0 Å². The molecule has 2 aliphatic rings. The zero-order valence-electron chi connectivity index (χ0n) is 13.5. The van der Waals surface area contributed by atoms with Crippen LogP contribution >= 0.6 is 11.8 Å². The highest BCUT2D eigenvalue weighted by Crippen LogP contribution is 2.42. The Morgan fingerprint density at radius 2 is 2.00 bits per heavy atom. The summed E-state index contributed by atoms with van der Waals surface area (Å²) in [5.74, 6) is -0.297. The lowest BCUT2D eigenvalue weighted by Gasteiger charge is -2.11. The molecular weight excluding hydrogens is 328 g/mol. The Labute approximate surface area is 143 Å². The van der Waals surface area contributed by atoms with Gasteiger partial charge in [0, 0.05) is 0 Å². The number of hydrogen-bond acceptors (Lipinski definition) is 6. The van der Waals surface area contributed by atoms with E-state index >= 15 is 0 Å². The van der Waals surface area contributed by atoms with E-state index in [4.69, 9.17) is 9.47 Å². The number of anilines is 1. The lowest BCUT2D eigenvalue weighted by Crippen LogP contribution is -2.22. The fraction of sp³-hybridized carbons (Fsp3) is 0.235. The van der Waals surface area contributed by atoms with Gasteiger partial charge in [-0.25, -0.2) is 4.79 Å². The van der Waals surface area contributed by atoms with E-state index in [0.717, 1.165) is 11.8 Å². The van der Waals surface area contributed by atoms with Crippen molar-refractivity contribution < 1.29 is 19.1 Å². The van der Waals surface area contributed by atoms with E-state index in [2.05, 4.69) is 5.10 Å². The van der Waals surface area contributed by atoms with Crippen molar-refractivity contribution in [2.24, 2.45) is 5.10 Å². The molecule has 0 bridgehead atoms. The lowest BCUT2D eigenvalue weighted by molar-refractivity contribution is -0.137. The molecule has 124 valence electrons. The van der Waals surface area contributed by atoms with Crippen molar-refractivity contribution in [3.63, 3.8) is 0 Å². The van der Waals surface area contributed by atoms with Crippen LogP contribution in [0.25, 0.3) is 0 Å². The minimum atomic E-state index is -0.449. The molecule has 1 aromatic carbocycles. The average molecular weight is 344 g/mol. The number of ether oxygens (including phenoxy) is 2. The van der Waals surface area contributed by atoms with Gasteiger partial charge in [-0.05, 0) is 44.7 Å². The Kier molecular flexibility index (Phi) is 4.44. The van der Waals surface area contributed by atoms with Crippen LogP contribution in [0.5, 0.6) is 0 Å². The maximum atomic E-state index is 12.7. The second-order valence-electron chi connectivity index (χ2n) is 5.11. The van der Waals surface area contributed by atoms with Gasteiger partial charge in [-0.15, -0.1) is 0 Å². The number of allylic oxidation sites excluding steroid dienone is 1. The number of benzene rings is 1. The van der Waals surface area contributed by atoms with Crippen LogP contribution in [-0.4, -0.2) is 24.2 Å². The first kappa shape index (κ1) is 16.3. The number of carbonyl (C=O) groups is 2. The molecule has 0 spiro atoms. The van der Waals surface area contributed by atoms with Gasteiger partial charge in [0.1, 0.15) is 16.2 Å². The first-order valence-electron chi connectivity index (χ1n) is 7.46. The zero-order chi connectivity index (χ0) is 17.3. The normalized spacial score (nSPS) is 20.4. The molecule has 0 atom stereocenters. The predicted molar refractivity (Wildman–Crippen MR) is 92.1 cm³/mol. The molecule has 0 radical (unpaired) electrons. The van der Waals surface area contributed by atoms with E-state index < -0.39 is 5.97 Å². The molecule has 0 unspecified atom stereocenters. The number of hydrazone groups is 1. The minimum absolute atomic E-state index is 0.279. The summed E-state index contributed by atoms with van der Waals surface area (Å²) >= 11 is 1.10. The molecule has 0 N–H and O–H groups in total. The van der Waals surface area contributed by atoms with Crippen molar-refractivity contribution in [1.82, 2.24) is 0 Å². The summed E-state index contributed by atoms with van der Waals surface area (Å²) < 4.78 is 10.6. The number of hydrogen-bond donors (Lipinski definition) is 0. The van der Waals surface area contributed by atoms with Gasteiger partial charge in [0.05, 0.1) is 18.0 Å². The summed E-state index contributed by atoms with van der Waals surface area (Å²) in [5.41, 5.74) is 1.59. The summed E-state index contributed by atoms with van der Waals surface area (Å²) in [7, 11) is 0. The number of para-hydroxylation sites is 1. The van der Waals surface area contributed by atoms with Crippen molar-refractivity contribution >= 4 is 35.0 Å². The van der Waals surface area contributed by atoms with Gasteiger partial charge in [0.2, 0.25) is 0 Å². The smallest absolute Gasteiger partial charge is 0.348 e. The van der Waals surface area contributed by atoms with E-state index in [-0.39, 0.29) is 12.5 Å². The van der Waals surface area contributed by atoms with Crippen LogP contribution in [0.2, 0.25) is 0 Å². The fourth-order valence-electron chi connectivity index (χ4n) is 2.34. The van der Waals surface area contributed by atoms with Gasteiger partial charge in [0.25, 0.3) is 5.91 Å². The topological polar surface area (TPSA) is 68.2 Å². The lowest BCUT2D eigenvalue weighted by atomic mass is 10.2. The highest BCUT2D eigenvalue weighted by atomic mass is 32.2. The third-order valence-electron chi connectivity index (χ3n) is 3.44. The Morgan fingerprint density at radius 3 is 2.67 bits per heavy atom. The van der Waals surface area contributed by atoms with Gasteiger partial charge in [0.15, 0.2) is 5.09 Å². The molecule has 3 rings (SSSR count). The van der Waals surface area contributed by atoms with Crippen LogP contribution in [0.4, 0.5) is 5.69 Å². The summed E-state index contributed by atoms with van der Waals surface area (Å²) in [4.78, 5) is 25.0. The average Bonchev–Trinajstić information content (AvgIpc) is 3.08. The molecule has 0 aromatic heterocycles. The van der Waals surface area contributed by atoms with Crippen molar-refractivity contribution in [3.8, 4) is 0 Å². The van der Waals surface area contributed by atoms with E-state index in [1.807, 2.05) is 18.2 Å². The van der Waals surface area contributed by atoms with Crippen LogP contribution < -0.4 is 5.01 Å². The summed E-state index contributed by atoms with van der Waals surface area (Å²) in [6.07, 6.45) is 0. The van der Waals surface area contributed by atoms with E-state index in [0.29, 0.717) is 32.7 Å². The molecule has 1 amide bonds. The van der Waals surface area contributed by atoms with Crippen LogP contribution in [0, 0.1) is 0 Å². The van der Waals surface area contributed by atoms with Gasteiger partial charge in [-0.3, -0.25) is 4.79 Å². The highest BCUT2D eigenvalue weighted by molar-refractivity contribution is 8.07. The summed E-state index contributed by atoms with van der Waals surface area (Å²) in [5, 5.41) is 6.01. The maximum absolute atomic E-state index is 12.7. The number of rotatable bonds is 3. The molecule has 0 saturated carbocycles. The van der Waals surface area contributed by atoms with Crippen molar-refractivity contribution in [2.45, 2.75) is 20.8 Å². The third kappa shape index (κ3) is 2.82. The second kappa shape index (κ2) is 6.52. The van der Waals surface area contributed by atoms with E-state index in [1.54, 1.807) is 32.9 Å². The third-order valence-corrected chi connectivity index (χ3v) is 4.58. The first-order chi connectivity index (χ1) is 11.5. The molecule has 0 fully saturated rings.